The number of aldehydes is 1. The van der Waals surface area contributed by atoms with Gasteiger partial charge in [-0.15, -0.1) is 0 Å². The number of fused-ring (bicyclic) bond motifs is 1. The molecule has 0 unspecified atom stereocenters. The summed E-state index contributed by atoms with van der Waals surface area (Å²) in [4.78, 5) is 57.4. The number of carbonyl (C=O) groups is 5. The molecular formula is C26H25ClF4N2O8. The highest BCUT2D eigenvalue weighted by Crippen LogP contribution is 2.42. The number of esters is 1. The molecule has 15 heteroatoms. The van der Waals surface area contributed by atoms with E-state index < -0.39 is 66.3 Å². The van der Waals surface area contributed by atoms with Crippen molar-refractivity contribution in [2.75, 3.05) is 0 Å². The molecular weight excluding hydrogens is 580 g/mol. The number of ketones is 1. The smallest absolute Gasteiger partial charge is 0.446 e. The molecule has 1 aliphatic heterocycles. The number of hydrogen-bond acceptors (Lipinski definition) is 8. The fourth-order valence-electron chi connectivity index (χ4n) is 3.72. The van der Waals surface area contributed by atoms with E-state index >= 15 is 0 Å². The number of halogens is 5. The number of carboxylic acid groups (broad SMARTS) is 1. The molecule has 1 amide bonds. The summed E-state index contributed by atoms with van der Waals surface area (Å²) in [6, 6.07) is 5.56. The van der Waals surface area contributed by atoms with Crippen molar-refractivity contribution in [3.8, 4) is 5.75 Å². The summed E-state index contributed by atoms with van der Waals surface area (Å²) in [5.74, 6) is -3.57. The first-order valence-electron chi connectivity index (χ1n) is 11.7. The standard InChI is InChI=1S/C24H24ClFN2O7.C2HF3O/c1-11(29)12-5-7-18-14(8-12)20(28-22(32)13-4-6-16(26)15(25)9-13)21(24(2,3)35-18)34-23(33)17(27)10-19(30)31;3-2(4,5)1-6/h4-9,17,20-21H,10,27H2,1-3H3,(H,28,32)(H,30,31);1H/t17-,20-,21-;/m0./s1. The number of nitrogens with one attached hydrogen (secondary N) is 1. The van der Waals surface area contributed by atoms with Gasteiger partial charge < -0.3 is 25.6 Å². The van der Waals surface area contributed by atoms with Gasteiger partial charge in [-0.1, -0.05) is 11.6 Å². The van der Waals surface area contributed by atoms with E-state index in [4.69, 9.17) is 36.7 Å². The van der Waals surface area contributed by atoms with Crippen LogP contribution < -0.4 is 15.8 Å². The van der Waals surface area contributed by atoms with Crippen LogP contribution in [0.5, 0.6) is 5.75 Å². The third-order valence-electron chi connectivity index (χ3n) is 5.65. The van der Waals surface area contributed by atoms with Gasteiger partial charge in [0.05, 0.1) is 17.5 Å². The molecule has 10 nitrogen and oxygen atoms in total. The number of alkyl halides is 3. The highest BCUT2D eigenvalue weighted by molar-refractivity contribution is 6.31. The van der Waals surface area contributed by atoms with Gasteiger partial charge >= 0.3 is 18.1 Å². The van der Waals surface area contributed by atoms with Crippen molar-refractivity contribution in [3.63, 3.8) is 0 Å². The monoisotopic (exact) mass is 604 g/mol. The molecule has 0 radical (unpaired) electrons. The van der Waals surface area contributed by atoms with Gasteiger partial charge in [0, 0.05) is 16.7 Å². The molecule has 0 spiro atoms. The van der Waals surface area contributed by atoms with E-state index in [1.807, 2.05) is 0 Å². The fraction of sp³-hybridized carbons (Fsp3) is 0.346. The van der Waals surface area contributed by atoms with Gasteiger partial charge in [0.1, 0.15) is 23.2 Å². The molecule has 0 saturated carbocycles. The Kier molecular flexibility index (Phi) is 10.6. The molecule has 3 rings (SSSR count). The van der Waals surface area contributed by atoms with E-state index in [2.05, 4.69) is 5.32 Å². The number of nitrogens with two attached hydrogens (primary N) is 1. The molecule has 0 aromatic heterocycles. The molecule has 2 aromatic rings. The molecule has 1 aliphatic rings. The maximum Gasteiger partial charge on any atom is 0.446 e. The van der Waals surface area contributed by atoms with Gasteiger partial charge in [0.25, 0.3) is 5.91 Å². The molecule has 0 bridgehead atoms. The summed E-state index contributed by atoms with van der Waals surface area (Å²) < 4.78 is 56.4. The minimum atomic E-state index is -4.64. The Labute approximate surface area is 235 Å². The summed E-state index contributed by atoms with van der Waals surface area (Å²) in [7, 11) is 0. The van der Waals surface area contributed by atoms with Crippen molar-refractivity contribution in [1.82, 2.24) is 5.32 Å². The van der Waals surface area contributed by atoms with Crippen molar-refractivity contribution in [2.24, 2.45) is 5.73 Å². The van der Waals surface area contributed by atoms with Gasteiger partial charge in [-0.05, 0) is 57.2 Å². The number of carboxylic acids is 1. The topological polar surface area (TPSA) is 162 Å². The zero-order valence-electron chi connectivity index (χ0n) is 21.8. The Bertz CT molecular complexity index is 1350. The predicted molar refractivity (Wildman–Crippen MR) is 135 cm³/mol. The first-order valence-corrected chi connectivity index (χ1v) is 12.0. The van der Waals surface area contributed by atoms with Crippen molar-refractivity contribution in [2.45, 2.75) is 57.2 Å². The van der Waals surface area contributed by atoms with E-state index in [9.17, 15) is 36.7 Å². The predicted octanol–water partition coefficient (Wildman–Crippen LogP) is 3.79. The molecule has 1 heterocycles. The van der Waals surface area contributed by atoms with Crippen LogP contribution in [-0.4, -0.2) is 58.9 Å². The largest absolute Gasteiger partial charge is 0.484 e. The lowest BCUT2D eigenvalue weighted by molar-refractivity contribution is -0.168. The molecule has 4 N–H and O–H groups in total. The normalized spacial score (nSPS) is 17.9. The Morgan fingerprint density at radius 3 is 2.27 bits per heavy atom. The molecule has 0 saturated heterocycles. The van der Waals surface area contributed by atoms with E-state index in [0.717, 1.165) is 12.1 Å². The molecule has 0 fully saturated rings. The second-order valence-electron chi connectivity index (χ2n) is 9.32. The average Bonchev–Trinajstić information content (AvgIpc) is 2.86. The number of hydrogen-bond donors (Lipinski definition) is 3. The Balaban J connectivity index is 0.000000883. The van der Waals surface area contributed by atoms with Crippen LogP contribution >= 0.6 is 11.6 Å². The lowest BCUT2D eigenvalue weighted by Gasteiger charge is -2.44. The van der Waals surface area contributed by atoms with Gasteiger partial charge in [-0.25, -0.2) is 4.39 Å². The van der Waals surface area contributed by atoms with E-state index in [1.54, 1.807) is 26.0 Å². The first-order chi connectivity index (χ1) is 18.9. The van der Waals surface area contributed by atoms with Crippen LogP contribution in [0.15, 0.2) is 36.4 Å². The number of Topliss-reactive ketones (excluding diaryl/α,β-unsaturated/α-hetero) is 1. The maximum absolute atomic E-state index is 13.6. The second-order valence-corrected chi connectivity index (χ2v) is 9.72. The third-order valence-corrected chi connectivity index (χ3v) is 5.94. The van der Waals surface area contributed by atoms with Crippen LogP contribution in [0.3, 0.4) is 0 Å². The SMILES string of the molecule is CC(=O)c1ccc2c(c1)[C@H](NC(=O)c1ccc(F)c(Cl)c1)[C@H](OC(=O)[C@@H](N)CC(=O)O)C(C)(C)O2.O=CC(F)(F)F. The van der Waals surface area contributed by atoms with Gasteiger partial charge in [-0.2, -0.15) is 13.2 Å². The summed E-state index contributed by atoms with van der Waals surface area (Å²) in [6.07, 6.45) is -7.54. The Morgan fingerprint density at radius 2 is 1.76 bits per heavy atom. The number of amides is 1. The van der Waals surface area contributed by atoms with Crippen molar-refractivity contribution >= 4 is 41.5 Å². The average molecular weight is 605 g/mol. The summed E-state index contributed by atoms with van der Waals surface area (Å²) in [5, 5.41) is 11.4. The summed E-state index contributed by atoms with van der Waals surface area (Å²) in [6.45, 7) is 4.60. The third kappa shape index (κ3) is 8.98. The Morgan fingerprint density at radius 1 is 1.17 bits per heavy atom. The quantitative estimate of drug-likeness (QED) is 0.185. The van der Waals surface area contributed by atoms with E-state index in [1.165, 1.54) is 19.1 Å². The number of benzene rings is 2. The van der Waals surface area contributed by atoms with Crippen LogP contribution in [0.1, 0.15) is 59.5 Å². The highest BCUT2D eigenvalue weighted by atomic mass is 35.5. The number of ether oxygens (including phenoxy) is 2. The van der Waals surface area contributed by atoms with Crippen LogP contribution in [0.4, 0.5) is 17.6 Å². The van der Waals surface area contributed by atoms with E-state index in [-0.39, 0.29) is 16.4 Å². The minimum absolute atomic E-state index is 0.0395. The fourth-order valence-corrected chi connectivity index (χ4v) is 3.90. The lowest BCUT2D eigenvalue weighted by Crippen LogP contribution is -2.56. The zero-order chi connectivity index (χ0) is 31.3. The van der Waals surface area contributed by atoms with E-state index in [0.29, 0.717) is 16.9 Å². The molecule has 222 valence electrons. The van der Waals surface area contributed by atoms with Gasteiger partial charge in [0.2, 0.25) is 6.29 Å². The van der Waals surface area contributed by atoms with Crippen molar-refractivity contribution in [1.29, 1.82) is 0 Å². The van der Waals surface area contributed by atoms with Gasteiger partial charge in [0.15, 0.2) is 11.9 Å². The molecule has 41 heavy (non-hydrogen) atoms. The molecule has 2 aromatic carbocycles. The minimum Gasteiger partial charge on any atom is -0.484 e. The maximum atomic E-state index is 13.6. The number of carbonyl (C=O) groups excluding carboxylic acids is 4. The summed E-state index contributed by atoms with van der Waals surface area (Å²) >= 11 is 5.81. The van der Waals surface area contributed by atoms with Crippen LogP contribution in [0, 0.1) is 5.82 Å². The Hall–Kier alpha value is -4.04. The highest BCUT2D eigenvalue weighted by Gasteiger charge is 2.48. The van der Waals surface area contributed by atoms with Crippen LogP contribution in [-0.2, 0) is 19.1 Å². The second kappa shape index (κ2) is 13.1. The number of rotatable bonds is 7. The van der Waals surface area contributed by atoms with Crippen molar-refractivity contribution < 1.29 is 56.1 Å². The van der Waals surface area contributed by atoms with Gasteiger partial charge in [-0.3, -0.25) is 24.0 Å². The lowest BCUT2D eigenvalue weighted by atomic mass is 9.85. The van der Waals surface area contributed by atoms with Crippen LogP contribution in [0.25, 0.3) is 0 Å². The first kappa shape index (κ1) is 33.2. The zero-order valence-corrected chi connectivity index (χ0v) is 22.5. The molecule has 0 aliphatic carbocycles. The molecule has 3 atom stereocenters. The summed E-state index contributed by atoms with van der Waals surface area (Å²) in [5.41, 5.74) is 5.18. The van der Waals surface area contributed by atoms with Crippen LogP contribution in [0.2, 0.25) is 5.02 Å². The number of aliphatic carboxylic acids is 1. The van der Waals surface area contributed by atoms with Crippen molar-refractivity contribution in [3.05, 3.63) is 63.9 Å².